The molecule has 0 saturated carbocycles. The van der Waals surface area contributed by atoms with Crippen molar-refractivity contribution in [1.29, 1.82) is 0 Å². The molecule has 3 nitrogen and oxygen atoms in total. The van der Waals surface area contributed by atoms with Crippen LogP contribution in [-0.2, 0) is 17.6 Å². The fourth-order valence-corrected chi connectivity index (χ4v) is 2.34. The van der Waals surface area contributed by atoms with E-state index in [0.717, 1.165) is 22.5 Å². The van der Waals surface area contributed by atoms with Crippen molar-refractivity contribution in [3.63, 3.8) is 0 Å². The summed E-state index contributed by atoms with van der Waals surface area (Å²) in [7, 11) is 1.85. The van der Waals surface area contributed by atoms with Gasteiger partial charge in [0.1, 0.15) is 11.6 Å². The molecule has 0 atom stereocenters. The summed E-state index contributed by atoms with van der Waals surface area (Å²) in [6.07, 6.45) is 3.02. The Bertz CT molecular complexity index is 602. The number of carbonyl (C=O) groups is 1. The largest absolute Gasteiger partial charge is 0.373 e. The monoisotopic (exact) mass is 238 g/mol. The van der Waals surface area contributed by atoms with Crippen molar-refractivity contribution in [2.45, 2.75) is 12.8 Å². The Morgan fingerprint density at radius 3 is 2.56 bits per heavy atom. The van der Waals surface area contributed by atoms with E-state index < -0.39 is 0 Å². The number of pyridine rings is 1. The van der Waals surface area contributed by atoms with E-state index in [1.54, 1.807) is 0 Å². The van der Waals surface area contributed by atoms with E-state index in [2.05, 4.69) is 28.5 Å². The van der Waals surface area contributed by atoms with Crippen LogP contribution in [0.2, 0.25) is 0 Å². The summed E-state index contributed by atoms with van der Waals surface area (Å²) in [6, 6.07) is 10.2. The van der Waals surface area contributed by atoms with E-state index in [1.165, 1.54) is 5.56 Å². The van der Waals surface area contributed by atoms with Crippen molar-refractivity contribution in [2.24, 2.45) is 0 Å². The molecule has 2 aromatic rings. The Balaban J connectivity index is 1.97. The molecule has 0 saturated heterocycles. The van der Waals surface area contributed by atoms with Gasteiger partial charge in [-0.15, -0.1) is 0 Å². The lowest BCUT2D eigenvalue weighted by atomic mass is 10.0. The van der Waals surface area contributed by atoms with Gasteiger partial charge in [0.15, 0.2) is 0 Å². The van der Waals surface area contributed by atoms with E-state index in [9.17, 15) is 4.79 Å². The first kappa shape index (κ1) is 11.0. The Labute approximate surface area is 106 Å². The fraction of sp³-hybridized carbons (Fsp3) is 0.200. The van der Waals surface area contributed by atoms with Crippen LogP contribution in [0.5, 0.6) is 0 Å². The van der Waals surface area contributed by atoms with Gasteiger partial charge >= 0.3 is 0 Å². The first-order valence-electron chi connectivity index (χ1n) is 6.04. The van der Waals surface area contributed by atoms with Crippen molar-refractivity contribution in [3.05, 3.63) is 47.7 Å². The van der Waals surface area contributed by atoms with Crippen molar-refractivity contribution < 1.29 is 4.79 Å². The molecule has 0 amide bonds. The number of nitrogens with zero attached hydrogens (tertiary/aromatic N) is 1. The molecule has 1 aliphatic rings. The quantitative estimate of drug-likeness (QED) is 0.873. The zero-order chi connectivity index (χ0) is 12.5. The van der Waals surface area contributed by atoms with Crippen molar-refractivity contribution in [2.75, 3.05) is 12.4 Å². The predicted octanol–water partition coefficient (Wildman–Crippen LogP) is 2.46. The Morgan fingerprint density at radius 2 is 1.83 bits per heavy atom. The maximum atomic E-state index is 11.4. The molecule has 1 aromatic heterocycles. The summed E-state index contributed by atoms with van der Waals surface area (Å²) < 4.78 is 0. The van der Waals surface area contributed by atoms with Crippen molar-refractivity contribution >= 4 is 11.6 Å². The average Bonchev–Trinajstić information content (AvgIpc) is 2.78. The zero-order valence-electron chi connectivity index (χ0n) is 10.2. The minimum Gasteiger partial charge on any atom is -0.373 e. The zero-order valence-corrected chi connectivity index (χ0v) is 10.2. The molecule has 1 aliphatic carbocycles. The van der Waals surface area contributed by atoms with E-state index in [1.807, 2.05) is 25.4 Å². The highest BCUT2D eigenvalue weighted by Gasteiger charge is 2.18. The summed E-state index contributed by atoms with van der Waals surface area (Å²) >= 11 is 0. The fourth-order valence-electron chi connectivity index (χ4n) is 2.34. The van der Waals surface area contributed by atoms with E-state index in [-0.39, 0.29) is 0 Å². The van der Waals surface area contributed by atoms with E-state index in [0.29, 0.717) is 18.6 Å². The first-order chi connectivity index (χ1) is 8.76. The van der Waals surface area contributed by atoms with E-state index in [4.69, 9.17) is 0 Å². The number of Topliss-reactive ketones (excluding diaryl/α,β-unsaturated/α-hetero) is 1. The summed E-state index contributed by atoms with van der Waals surface area (Å²) in [4.78, 5) is 15.7. The van der Waals surface area contributed by atoms with Gasteiger partial charge in [-0.1, -0.05) is 18.2 Å². The lowest BCUT2D eigenvalue weighted by molar-refractivity contribution is -0.117. The standard InChI is InChI=1S/C15H14N2O/c1-16-15-5-4-12(9-17-15)10-2-3-11-7-14(18)8-13(11)6-10/h2-6,9H,7-8H2,1H3,(H,16,17). The van der Waals surface area contributed by atoms with Crippen LogP contribution in [0.1, 0.15) is 11.1 Å². The SMILES string of the molecule is CNc1ccc(-c2ccc3c(c2)CC(=O)C3)cn1. The molecular weight excluding hydrogens is 224 g/mol. The molecule has 3 heteroatoms. The maximum absolute atomic E-state index is 11.4. The lowest BCUT2D eigenvalue weighted by Gasteiger charge is -2.05. The van der Waals surface area contributed by atoms with Gasteiger partial charge in [0, 0.05) is 31.6 Å². The molecule has 18 heavy (non-hydrogen) atoms. The van der Waals surface area contributed by atoms with Crippen LogP contribution >= 0.6 is 0 Å². The summed E-state index contributed by atoms with van der Waals surface area (Å²) in [5.41, 5.74) is 4.54. The molecule has 0 bridgehead atoms. The summed E-state index contributed by atoms with van der Waals surface area (Å²) in [5, 5.41) is 3.00. The topological polar surface area (TPSA) is 42.0 Å². The van der Waals surface area contributed by atoms with Gasteiger partial charge in [-0.25, -0.2) is 4.98 Å². The number of hydrogen-bond acceptors (Lipinski definition) is 3. The minimum atomic E-state index is 0.311. The number of carbonyl (C=O) groups excluding carboxylic acids is 1. The lowest BCUT2D eigenvalue weighted by Crippen LogP contribution is -1.92. The number of rotatable bonds is 2. The highest BCUT2D eigenvalue weighted by molar-refractivity contribution is 5.88. The van der Waals surface area contributed by atoms with Crippen LogP contribution in [0, 0.1) is 0 Å². The second-order valence-corrected chi connectivity index (χ2v) is 4.56. The molecule has 0 unspecified atom stereocenters. The third kappa shape index (κ3) is 1.88. The number of fused-ring (bicyclic) bond motifs is 1. The second-order valence-electron chi connectivity index (χ2n) is 4.56. The molecule has 0 aliphatic heterocycles. The van der Waals surface area contributed by atoms with Crippen LogP contribution in [0.15, 0.2) is 36.5 Å². The number of aromatic nitrogens is 1. The Morgan fingerprint density at radius 1 is 1.06 bits per heavy atom. The second kappa shape index (κ2) is 4.26. The molecule has 1 heterocycles. The van der Waals surface area contributed by atoms with Gasteiger partial charge in [-0.2, -0.15) is 0 Å². The van der Waals surface area contributed by atoms with Gasteiger partial charge in [0.25, 0.3) is 0 Å². The Hall–Kier alpha value is -2.16. The highest BCUT2D eigenvalue weighted by atomic mass is 16.1. The third-order valence-electron chi connectivity index (χ3n) is 3.33. The number of hydrogen-bond donors (Lipinski definition) is 1. The van der Waals surface area contributed by atoms with Gasteiger partial charge in [-0.05, 0) is 28.8 Å². The van der Waals surface area contributed by atoms with Gasteiger partial charge in [-0.3, -0.25) is 4.79 Å². The Kier molecular flexibility index (Phi) is 2.59. The molecule has 1 aromatic carbocycles. The molecule has 0 spiro atoms. The number of ketones is 1. The van der Waals surface area contributed by atoms with E-state index >= 15 is 0 Å². The van der Waals surface area contributed by atoms with Crippen LogP contribution in [0.3, 0.4) is 0 Å². The maximum Gasteiger partial charge on any atom is 0.141 e. The first-order valence-corrected chi connectivity index (χ1v) is 6.04. The minimum absolute atomic E-state index is 0.311. The normalized spacial score (nSPS) is 13.5. The van der Waals surface area contributed by atoms with Gasteiger partial charge < -0.3 is 5.32 Å². The molecule has 0 fully saturated rings. The van der Waals surface area contributed by atoms with Gasteiger partial charge in [0.05, 0.1) is 0 Å². The molecule has 1 N–H and O–H groups in total. The van der Waals surface area contributed by atoms with Crippen molar-refractivity contribution in [1.82, 2.24) is 4.98 Å². The summed E-state index contributed by atoms with van der Waals surface area (Å²) in [5.74, 6) is 1.17. The van der Waals surface area contributed by atoms with Crippen LogP contribution in [-0.4, -0.2) is 17.8 Å². The number of benzene rings is 1. The number of nitrogens with one attached hydrogen (secondary N) is 1. The van der Waals surface area contributed by atoms with Crippen LogP contribution in [0.4, 0.5) is 5.82 Å². The molecule has 0 radical (unpaired) electrons. The molecular formula is C15H14N2O. The molecule has 3 rings (SSSR count). The summed E-state index contributed by atoms with van der Waals surface area (Å²) in [6.45, 7) is 0. The highest BCUT2D eigenvalue weighted by Crippen LogP contribution is 2.26. The van der Waals surface area contributed by atoms with Gasteiger partial charge in [0.2, 0.25) is 0 Å². The average molecular weight is 238 g/mol. The number of anilines is 1. The van der Waals surface area contributed by atoms with Crippen molar-refractivity contribution in [3.8, 4) is 11.1 Å². The van der Waals surface area contributed by atoms with Crippen LogP contribution in [0.25, 0.3) is 11.1 Å². The molecule has 90 valence electrons. The predicted molar refractivity (Wildman–Crippen MR) is 71.6 cm³/mol. The smallest absolute Gasteiger partial charge is 0.141 e. The third-order valence-corrected chi connectivity index (χ3v) is 3.33. The van der Waals surface area contributed by atoms with Crippen LogP contribution < -0.4 is 5.32 Å².